The van der Waals surface area contributed by atoms with E-state index >= 15 is 0 Å². The van der Waals surface area contributed by atoms with Crippen molar-refractivity contribution in [1.82, 2.24) is 9.13 Å². The average Bonchev–Trinajstić information content (AvgIpc) is 3.81. The maximum atomic E-state index is 2.45. The quantitative estimate of drug-likeness (QED) is 0.136. The van der Waals surface area contributed by atoms with Gasteiger partial charge in [-0.2, -0.15) is 0 Å². The molecular formula is C54H38N2P2. The van der Waals surface area contributed by atoms with Gasteiger partial charge in [-0.1, -0.05) is 176 Å². The molecule has 0 spiro atoms. The van der Waals surface area contributed by atoms with Crippen molar-refractivity contribution in [2.45, 2.75) is 0 Å². The van der Waals surface area contributed by atoms with E-state index in [1.165, 1.54) is 75.4 Å². The highest BCUT2D eigenvalue weighted by molar-refractivity contribution is 7.80. The Balaban J connectivity index is 1.07. The van der Waals surface area contributed by atoms with Crippen LogP contribution in [0.2, 0.25) is 0 Å². The number of aromatic nitrogens is 2. The van der Waals surface area contributed by atoms with Gasteiger partial charge >= 0.3 is 0 Å². The first-order valence-corrected chi connectivity index (χ1v) is 22.5. The van der Waals surface area contributed by atoms with Crippen LogP contribution in [0.5, 0.6) is 0 Å². The Morgan fingerprint density at radius 3 is 0.931 bits per heavy atom. The lowest BCUT2D eigenvalue weighted by Crippen LogP contribution is -2.20. The third-order valence-corrected chi connectivity index (χ3v) is 16.1. The molecule has 0 aliphatic carbocycles. The molecule has 11 aromatic rings. The Morgan fingerprint density at radius 1 is 0.224 bits per heavy atom. The van der Waals surface area contributed by atoms with Crippen molar-refractivity contribution in [3.8, 4) is 11.4 Å². The van der Waals surface area contributed by atoms with Crippen LogP contribution < -0.4 is 31.8 Å². The maximum absolute atomic E-state index is 2.45. The summed E-state index contributed by atoms with van der Waals surface area (Å²) in [5, 5.41) is 13.2. The SMILES string of the molecule is c1ccc(P(c2ccccc2)c2ccc3c(c2)c2ccccc2n3-c2cccc(-n3c4ccccc4c4cc(P(c5ccccc5)c5ccccc5)ccc43)c2)cc1. The van der Waals surface area contributed by atoms with Crippen LogP contribution in [0.25, 0.3) is 55.0 Å². The largest absolute Gasteiger partial charge is 0.309 e. The summed E-state index contributed by atoms with van der Waals surface area (Å²) in [7, 11) is -1.46. The molecule has 0 aliphatic heterocycles. The van der Waals surface area contributed by atoms with Gasteiger partial charge in [0.05, 0.1) is 22.1 Å². The summed E-state index contributed by atoms with van der Waals surface area (Å²) in [5.41, 5.74) is 7.11. The molecule has 0 unspecified atom stereocenters. The molecule has 0 saturated carbocycles. The second-order valence-corrected chi connectivity index (χ2v) is 19.1. The van der Waals surface area contributed by atoms with E-state index in [0.717, 1.165) is 11.4 Å². The molecule has 11 rings (SSSR count). The molecular weight excluding hydrogens is 739 g/mol. The highest BCUT2D eigenvalue weighted by atomic mass is 31.1. The van der Waals surface area contributed by atoms with Gasteiger partial charge in [-0.25, -0.2) is 0 Å². The zero-order valence-electron chi connectivity index (χ0n) is 31.7. The summed E-state index contributed by atoms with van der Waals surface area (Å²) in [6.07, 6.45) is 0. The molecule has 0 fully saturated rings. The van der Waals surface area contributed by atoms with Crippen LogP contribution >= 0.6 is 15.8 Å². The van der Waals surface area contributed by atoms with Crippen molar-refractivity contribution in [2.24, 2.45) is 0 Å². The molecule has 58 heavy (non-hydrogen) atoms. The van der Waals surface area contributed by atoms with Crippen LogP contribution in [-0.4, -0.2) is 9.13 Å². The van der Waals surface area contributed by atoms with Crippen LogP contribution in [-0.2, 0) is 0 Å². The molecule has 9 aromatic carbocycles. The van der Waals surface area contributed by atoms with E-state index in [0.29, 0.717) is 0 Å². The Hall–Kier alpha value is -6.56. The van der Waals surface area contributed by atoms with Gasteiger partial charge in [0.25, 0.3) is 0 Å². The van der Waals surface area contributed by atoms with Crippen molar-refractivity contribution in [2.75, 3.05) is 0 Å². The van der Waals surface area contributed by atoms with Crippen LogP contribution in [0.3, 0.4) is 0 Å². The minimum Gasteiger partial charge on any atom is -0.309 e. The van der Waals surface area contributed by atoms with E-state index in [1.54, 1.807) is 0 Å². The molecule has 0 radical (unpaired) electrons. The first kappa shape index (κ1) is 34.7. The summed E-state index contributed by atoms with van der Waals surface area (Å²) in [5.74, 6) is 0. The van der Waals surface area contributed by atoms with Crippen LogP contribution in [0.4, 0.5) is 0 Å². The minimum absolute atomic E-state index is 0.729. The first-order valence-electron chi connectivity index (χ1n) is 19.8. The molecule has 274 valence electrons. The fraction of sp³-hybridized carbons (Fsp3) is 0. The smallest absolute Gasteiger partial charge is 0.0541 e. The second-order valence-electron chi connectivity index (χ2n) is 14.6. The standard InChI is InChI=1S/C54H38N2P2/c1-5-20-41(21-6-1)57(42-22-7-2-8-23-42)45-32-34-53-49(37-45)47-28-13-15-30-51(47)55(53)39-18-17-19-40(36-39)56-52-31-16-14-29-48(52)50-38-46(33-35-54(50)56)58(43-24-9-3-10-25-43)44-26-11-4-12-27-44/h1-38H. The van der Waals surface area contributed by atoms with Gasteiger partial charge in [0.15, 0.2) is 0 Å². The van der Waals surface area contributed by atoms with Gasteiger partial charge in [-0.3, -0.25) is 0 Å². The lowest BCUT2D eigenvalue weighted by atomic mass is 10.1. The van der Waals surface area contributed by atoms with E-state index < -0.39 is 15.8 Å². The molecule has 0 N–H and O–H groups in total. The highest BCUT2D eigenvalue weighted by Crippen LogP contribution is 2.40. The van der Waals surface area contributed by atoms with E-state index in [1.807, 2.05) is 0 Å². The minimum atomic E-state index is -0.729. The van der Waals surface area contributed by atoms with E-state index in [2.05, 4.69) is 240 Å². The van der Waals surface area contributed by atoms with Gasteiger partial charge in [-0.15, -0.1) is 0 Å². The Kier molecular flexibility index (Phi) is 8.81. The Morgan fingerprint density at radius 2 is 0.552 bits per heavy atom. The summed E-state index contributed by atoms with van der Waals surface area (Å²) in [4.78, 5) is 0. The zero-order chi connectivity index (χ0) is 38.4. The third-order valence-electron chi connectivity index (χ3n) is 11.2. The van der Waals surface area contributed by atoms with Gasteiger partial charge < -0.3 is 9.13 Å². The number of fused-ring (bicyclic) bond motifs is 6. The van der Waals surface area contributed by atoms with E-state index in [9.17, 15) is 0 Å². The van der Waals surface area contributed by atoms with Gasteiger partial charge in [0.1, 0.15) is 0 Å². The highest BCUT2D eigenvalue weighted by Gasteiger charge is 2.22. The summed E-state index contributed by atoms with van der Waals surface area (Å²) >= 11 is 0. The normalized spacial score (nSPS) is 11.8. The molecule has 0 bridgehead atoms. The van der Waals surface area contributed by atoms with Crippen LogP contribution in [0.1, 0.15) is 0 Å². The topological polar surface area (TPSA) is 9.86 Å². The number of hydrogen-bond donors (Lipinski definition) is 0. The average molecular weight is 777 g/mol. The van der Waals surface area contributed by atoms with Crippen molar-refractivity contribution in [3.63, 3.8) is 0 Å². The zero-order valence-corrected chi connectivity index (χ0v) is 33.5. The van der Waals surface area contributed by atoms with Crippen molar-refractivity contribution in [1.29, 1.82) is 0 Å². The number of para-hydroxylation sites is 2. The molecule has 0 saturated heterocycles. The number of benzene rings is 9. The number of nitrogens with zero attached hydrogens (tertiary/aromatic N) is 2. The maximum Gasteiger partial charge on any atom is 0.0541 e. The van der Waals surface area contributed by atoms with E-state index in [4.69, 9.17) is 0 Å². The molecule has 2 aromatic heterocycles. The Bertz CT molecular complexity index is 2930. The molecule has 4 heteroatoms. The summed E-state index contributed by atoms with van der Waals surface area (Å²) in [6, 6.07) is 85.1. The molecule has 2 nitrogen and oxygen atoms in total. The first-order chi connectivity index (χ1) is 28.8. The predicted octanol–water partition coefficient (Wildman–Crippen LogP) is 11.4. The summed E-state index contributed by atoms with van der Waals surface area (Å²) in [6.45, 7) is 0. The molecule has 0 aliphatic rings. The molecule has 0 amide bonds. The molecule has 2 heterocycles. The number of hydrogen-bond acceptors (Lipinski definition) is 0. The van der Waals surface area contributed by atoms with Crippen LogP contribution in [0, 0.1) is 0 Å². The predicted molar refractivity (Wildman–Crippen MR) is 253 cm³/mol. The number of rotatable bonds is 8. The van der Waals surface area contributed by atoms with Crippen LogP contribution in [0.15, 0.2) is 231 Å². The fourth-order valence-electron chi connectivity index (χ4n) is 8.73. The lowest BCUT2D eigenvalue weighted by molar-refractivity contribution is 1.13. The van der Waals surface area contributed by atoms with Crippen molar-refractivity contribution < 1.29 is 0 Å². The summed E-state index contributed by atoms with van der Waals surface area (Å²) < 4.78 is 4.90. The molecule has 0 atom stereocenters. The fourth-order valence-corrected chi connectivity index (χ4v) is 13.4. The van der Waals surface area contributed by atoms with Gasteiger partial charge in [-0.05, 0) is 102 Å². The van der Waals surface area contributed by atoms with Gasteiger partial charge in [0.2, 0.25) is 0 Å². The lowest BCUT2D eigenvalue weighted by Gasteiger charge is -2.20. The van der Waals surface area contributed by atoms with Gasteiger partial charge in [0, 0.05) is 32.9 Å². The van der Waals surface area contributed by atoms with E-state index in [-0.39, 0.29) is 0 Å². The second kappa shape index (κ2) is 14.7. The Labute approximate surface area is 340 Å². The monoisotopic (exact) mass is 776 g/mol. The van der Waals surface area contributed by atoms with Crippen molar-refractivity contribution in [3.05, 3.63) is 231 Å². The van der Waals surface area contributed by atoms with Crippen molar-refractivity contribution >= 4 is 91.3 Å². The third kappa shape index (κ3) is 5.97.